The summed E-state index contributed by atoms with van der Waals surface area (Å²) < 4.78 is 5.33. The van der Waals surface area contributed by atoms with Gasteiger partial charge in [-0.05, 0) is 40.8 Å². The Kier molecular flexibility index (Phi) is 4.19. The van der Waals surface area contributed by atoms with Crippen molar-refractivity contribution in [2.24, 2.45) is 5.92 Å². The molecule has 126 valence electrons. The van der Waals surface area contributed by atoms with Gasteiger partial charge in [-0.3, -0.25) is 0 Å². The van der Waals surface area contributed by atoms with E-state index in [1.807, 2.05) is 0 Å². The van der Waals surface area contributed by atoms with Crippen molar-refractivity contribution in [2.45, 2.75) is 18.9 Å². The van der Waals surface area contributed by atoms with E-state index in [1.54, 1.807) is 7.11 Å². The molecule has 0 bridgehead atoms. The van der Waals surface area contributed by atoms with Crippen molar-refractivity contribution < 1.29 is 4.74 Å². The maximum atomic E-state index is 5.33. The third kappa shape index (κ3) is 2.89. The highest BCUT2D eigenvalue weighted by atomic mass is 16.5. The van der Waals surface area contributed by atoms with Crippen LogP contribution in [0.15, 0.2) is 78.9 Å². The maximum absolute atomic E-state index is 5.33. The number of methoxy groups -OCH3 is 1. The molecule has 0 fully saturated rings. The van der Waals surface area contributed by atoms with Crippen molar-refractivity contribution in [2.75, 3.05) is 12.4 Å². The van der Waals surface area contributed by atoms with Crippen LogP contribution in [-0.2, 0) is 0 Å². The fourth-order valence-electron chi connectivity index (χ4n) is 4.02. The van der Waals surface area contributed by atoms with Gasteiger partial charge >= 0.3 is 0 Å². The molecule has 0 saturated carbocycles. The van der Waals surface area contributed by atoms with Gasteiger partial charge in [-0.25, -0.2) is 0 Å². The zero-order chi connectivity index (χ0) is 17.2. The van der Waals surface area contributed by atoms with Crippen LogP contribution in [0.2, 0.25) is 0 Å². The summed E-state index contributed by atoms with van der Waals surface area (Å²) in [5.74, 6) is 1.69. The Morgan fingerprint density at radius 3 is 2.16 bits per heavy atom. The predicted octanol–water partition coefficient (Wildman–Crippen LogP) is 5.63. The highest BCUT2D eigenvalue weighted by molar-refractivity contribution is 5.60. The first-order chi connectivity index (χ1) is 12.3. The number of hydrogen-bond donors (Lipinski definition) is 1. The van der Waals surface area contributed by atoms with E-state index in [9.17, 15) is 0 Å². The van der Waals surface area contributed by atoms with Crippen LogP contribution in [0.3, 0.4) is 0 Å². The monoisotopic (exact) mass is 329 g/mol. The van der Waals surface area contributed by atoms with E-state index in [4.69, 9.17) is 4.74 Å². The first-order valence-corrected chi connectivity index (χ1v) is 8.82. The summed E-state index contributed by atoms with van der Waals surface area (Å²) in [7, 11) is 1.71. The molecule has 25 heavy (non-hydrogen) atoms. The van der Waals surface area contributed by atoms with E-state index >= 15 is 0 Å². The van der Waals surface area contributed by atoms with Gasteiger partial charge in [-0.15, -0.1) is 0 Å². The summed E-state index contributed by atoms with van der Waals surface area (Å²) in [4.78, 5) is 0. The van der Waals surface area contributed by atoms with Crippen LogP contribution in [0, 0.1) is 5.92 Å². The largest absolute Gasteiger partial charge is 0.497 e. The van der Waals surface area contributed by atoms with Gasteiger partial charge in [0.15, 0.2) is 0 Å². The quantitative estimate of drug-likeness (QED) is 0.672. The van der Waals surface area contributed by atoms with Crippen LogP contribution in [0.1, 0.15) is 35.6 Å². The van der Waals surface area contributed by atoms with E-state index in [0.717, 1.165) is 5.75 Å². The van der Waals surface area contributed by atoms with Gasteiger partial charge in [0, 0.05) is 11.6 Å². The zero-order valence-corrected chi connectivity index (χ0v) is 14.6. The van der Waals surface area contributed by atoms with Gasteiger partial charge < -0.3 is 10.1 Å². The Morgan fingerprint density at radius 2 is 1.44 bits per heavy atom. The van der Waals surface area contributed by atoms with Gasteiger partial charge in [0.25, 0.3) is 0 Å². The third-order valence-corrected chi connectivity index (χ3v) is 5.29. The molecule has 0 saturated heterocycles. The number of ether oxygens (including phenoxy) is 1. The fourth-order valence-corrected chi connectivity index (χ4v) is 4.02. The van der Waals surface area contributed by atoms with E-state index in [0.29, 0.717) is 17.9 Å². The molecule has 0 aliphatic carbocycles. The second kappa shape index (κ2) is 6.64. The van der Waals surface area contributed by atoms with Crippen molar-refractivity contribution in [1.82, 2.24) is 0 Å². The lowest BCUT2D eigenvalue weighted by Gasteiger charge is -2.39. The molecule has 1 heterocycles. The molecule has 0 amide bonds. The Morgan fingerprint density at radius 1 is 0.760 bits per heavy atom. The molecule has 4 rings (SSSR count). The topological polar surface area (TPSA) is 21.3 Å². The number of para-hydroxylation sites is 1. The highest BCUT2D eigenvalue weighted by Gasteiger charge is 2.35. The van der Waals surface area contributed by atoms with Crippen molar-refractivity contribution in [3.8, 4) is 5.75 Å². The van der Waals surface area contributed by atoms with Crippen LogP contribution in [-0.4, -0.2) is 7.11 Å². The number of rotatable bonds is 3. The molecule has 0 unspecified atom stereocenters. The summed E-state index contributed by atoms with van der Waals surface area (Å²) in [6.45, 7) is 2.34. The molecule has 3 atom stereocenters. The number of hydrogen-bond acceptors (Lipinski definition) is 2. The second-order valence-corrected chi connectivity index (χ2v) is 6.73. The minimum atomic E-state index is 0.295. The maximum Gasteiger partial charge on any atom is 0.118 e. The van der Waals surface area contributed by atoms with Crippen LogP contribution < -0.4 is 10.1 Å². The van der Waals surface area contributed by atoms with E-state index in [-0.39, 0.29) is 0 Å². The first kappa shape index (κ1) is 15.8. The molecular formula is C23H23NO. The summed E-state index contributed by atoms with van der Waals surface area (Å²) in [5, 5.41) is 3.76. The van der Waals surface area contributed by atoms with Gasteiger partial charge in [-0.1, -0.05) is 67.6 Å². The minimum Gasteiger partial charge on any atom is -0.497 e. The molecule has 3 aromatic rings. The predicted molar refractivity (Wildman–Crippen MR) is 103 cm³/mol. The smallest absolute Gasteiger partial charge is 0.118 e. The number of fused-ring (bicyclic) bond motifs is 1. The minimum absolute atomic E-state index is 0.295. The summed E-state index contributed by atoms with van der Waals surface area (Å²) in [6, 6.07) is 28.2. The molecule has 0 aromatic heterocycles. The Bertz CT molecular complexity index is 841. The fraction of sp³-hybridized carbons (Fsp3) is 0.217. The summed E-state index contributed by atoms with van der Waals surface area (Å²) >= 11 is 0. The molecule has 2 nitrogen and oxygen atoms in total. The van der Waals surface area contributed by atoms with Crippen molar-refractivity contribution >= 4 is 5.69 Å². The van der Waals surface area contributed by atoms with Crippen molar-refractivity contribution in [1.29, 1.82) is 0 Å². The van der Waals surface area contributed by atoms with E-state index in [2.05, 4.69) is 91.1 Å². The lowest BCUT2D eigenvalue weighted by Crippen LogP contribution is -2.30. The van der Waals surface area contributed by atoms with Gasteiger partial charge in [-0.2, -0.15) is 0 Å². The first-order valence-electron chi connectivity index (χ1n) is 8.82. The van der Waals surface area contributed by atoms with Crippen LogP contribution >= 0.6 is 0 Å². The van der Waals surface area contributed by atoms with Crippen molar-refractivity contribution in [3.05, 3.63) is 95.6 Å². The molecule has 2 heteroatoms. The molecule has 1 N–H and O–H groups in total. The summed E-state index contributed by atoms with van der Waals surface area (Å²) in [6.07, 6.45) is 0. The standard InChI is InChI=1S/C23H23NO/c1-16-22(17-12-14-19(25-2)15-13-17)20-10-6-7-11-21(20)24-23(16)18-8-4-3-5-9-18/h3-16,22-24H,1-2H3/t16-,22+,23-/m0/s1. The number of anilines is 1. The van der Waals surface area contributed by atoms with E-state index < -0.39 is 0 Å². The molecule has 1 aliphatic rings. The Hall–Kier alpha value is -2.74. The van der Waals surface area contributed by atoms with Crippen molar-refractivity contribution in [3.63, 3.8) is 0 Å². The van der Waals surface area contributed by atoms with E-state index in [1.165, 1.54) is 22.4 Å². The Balaban J connectivity index is 1.80. The molecule has 1 aliphatic heterocycles. The van der Waals surface area contributed by atoms with Gasteiger partial charge in [0.05, 0.1) is 13.2 Å². The SMILES string of the molecule is COc1ccc([C@@H]2c3ccccc3N[C@H](c3ccccc3)[C@H]2C)cc1. The number of benzene rings is 3. The number of nitrogens with one attached hydrogen (secondary N) is 1. The van der Waals surface area contributed by atoms with Crippen LogP contribution in [0.4, 0.5) is 5.69 Å². The third-order valence-electron chi connectivity index (χ3n) is 5.29. The average molecular weight is 329 g/mol. The van der Waals surface area contributed by atoms with Gasteiger partial charge in [0.1, 0.15) is 5.75 Å². The molecular weight excluding hydrogens is 306 g/mol. The highest BCUT2D eigenvalue weighted by Crippen LogP contribution is 2.47. The normalized spacial score (nSPS) is 21.9. The summed E-state index contributed by atoms with van der Waals surface area (Å²) in [5.41, 5.74) is 5.27. The molecule has 0 radical (unpaired) electrons. The lowest BCUT2D eigenvalue weighted by atomic mass is 9.73. The molecule has 0 spiro atoms. The van der Waals surface area contributed by atoms with Crippen LogP contribution in [0.25, 0.3) is 0 Å². The molecule has 3 aromatic carbocycles. The van der Waals surface area contributed by atoms with Crippen LogP contribution in [0.5, 0.6) is 5.75 Å². The zero-order valence-electron chi connectivity index (χ0n) is 14.6. The average Bonchev–Trinajstić information content (AvgIpc) is 2.68. The van der Waals surface area contributed by atoms with Gasteiger partial charge in [0.2, 0.25) is 0 Å². The lowest BCUT2D eigenvalue weighted by molar-refractivity contribution is 0.412. The second-order valence-electron chi connectivity index (χ2n) is 6.73. The Labute approximate surface area is 149 Å².